The molecule has 4 N–H and O–H groups in total. The van der Waals surface area contributed by atoms with Crippen LogP contribution in [0, 0.1) is 18.6 Å². The molecule has 0 amide bonds. The summed E-state index contributed by atoms with van der Waals surface area (Å²) < 4.78 is 28.9. The molecular formula is C23H33F2N3O4S. The number of thiazole rings is 1. The minimum Gasteiger partial charge on any atom is -0.394 e. The second kappa shape index (κ2) is 17.0. The molecule has 0 bridgehead atoms. The van der Waals surface area contributed by atoms with Crippen LogP contribution in [0.2, 0.25) is 0 Å². The predicted octanol–water partition coefficient (Wildman–Crippen LogP) is 4.98. The molecule has 10 heteroatoms. The molecule has 1 heterocycles. The number of aldehydes is 1. The number of aliphatic hydroxyl groups is 2. The smallest absolute Gasteiger partial charge is 0.174 e. The molecule has 3 rings (SSSR count). The number of anilines is 2. The number of nitrogens with one attached hydrogen (secondary N) is 2. The van der Waals surface area contributed by atoms with Crippen LogP contribution in [0.5, 0.6) is 0 Å². The molecule has 0 aliphatic carbocycles. The monoisotopic (exact) mass is 485 g/mol. The lowest BCUT2D eigenvalue weighted by Gasteiger charge is -2.11. The molecular weight excluding hydrogens is 452 g/mol. The Hall–Kier alpha value is -2.50. The van der Waals surface area contributed by atoms with Crippen LogP contribution >= 0.6 is 11.3 Å². The molecule has 0 fully saturated rings. The van der Waals surface area contributed by atoms with E-state index < -0.39 is 17.7 Å². The number of aryl methyl sites for hydroxylation is 1. The number of hydrogen-bond acceptors (Lipinski definition) is 8. The SMILES string of the molecule is CC.CC.CNOCC(O)CO.Cc1ccc(Nc2c(C=O)cc3scnc3c2F)c(F)c1. The van der Waals surface area contributed by atoms with Crippen molar-refractivity contribution >= 4 is 39.2 Å². The van der Waals surface area contributed by atoms with Gasteiger partial charge in [-0.05, 0) is 30.7 Å². The average Bonchev–Trinajstić information content (AvgIpc) is 3.32. The topological polar surface area (TPSA) is 104 Å². The maximum atomic E-state index is 14.4. The Bertz CT molecular complexity index is 970. The van der Waals surface area contributed by atoms with Crippen LogP contribution in [0.25, 0.3) is 10.2 Å². The van der Waals surface area contributed by atoms with Crippen LogP contribution in [0.1, 0.15) is 43.6 Å². The van der Waals surface area contributed by atoms with Gasteiger partial charge in [-0.25, -0.2) is 19.2 Å². The van der Waals surface area contributed by atoms with E-state index in [2.05, 4.69) is 20.6 Å². The summed E-state index contributed by atoms with van der Waals surface area (Å²) in [5, 5.41) is 19.4. The molecule has 7 nitrogen and oxygen atoms in total. The van der Waals surface area contributed by atoms with Crippen molar-refractivity contribution < 1.29 is 28.6 Å². The number of carbonyl (C=O) groups is 1. The summed E-state index contributed by atoms with van der Waals surface area (Å²) in [7, 11) is 1.59. The standard InChI is InChI=1S/C15H10F2N2OS.C4H11NO3.2C2H6/c1-8-2-3-11(10(16)4-8)19-14-9(6-20)5-12-15(13(14)17)18-7-21-12;1-5-8-3-4(7)2-6;2*1-2/h2-7,19H,1H3;4-7H,2-3H2,1H3;2*1-2H3. The van der Waals surface area contributed by atoms with Crippen molar-refractivity contribution in [2.75, 3.05) is 25.6 Å². The molecule has 1 atom stereocenters. The van der Waals surface area contributed by atoms with Crippen molar-refractivity contribution in [3.8, 4) is 0 Å². The molecule has 2 aromatic carbocycles. The van der Waals surface area contributed by atoms with Gasteiger partial charge in [-0.1, -0.05) is 33.8 Å². The first-order valence-corrected chi connectivity index (χ1v) is 11.4. The van der Waals surface area contributed by atoms with Crippen molar-refractivity contribution in [2.24, 2.45) is 0 Å². The van der Waals surface area contributed by atoms with Crippen molar-refractivity contribution in [3.05, 3.63) is 52.5 Å². The Morgan fingerprint density at radius 1 is 1.21 bits per heavy atom. The van der Waals surface area contributed by atoms with Crippen LogP contribution in [0.15, 0.2) is 29.8 Å². The van der Waals surface area contributed by atoms with E-state index >= 15 is 0 Å². The molecule has 3 aromatic rings. The molecule has 0 saturated heterocycles. The van der Waals surface area contributed by atoms with E-state index in [0.717, 1.165) is 5.56 Å². The van der Waals surface area contributed by atoms with Crippen LogP contribution in [0.3, 0.4) is 0 Å². The quantitative estimate of drug-likeness (QED) is 0.276. The summed E-state index contributed by atoms with van der Waals surface area (Å²) >= 11 is 1.24. The van der Waals surface area contributed by atoms with Crippen LogP contribution in [-0.4, -0.2) is 47.8 Å². The van der Waals surface area contributed by atoms with E-state index in [4.69, 9.17) is 10.2 Å². The maximum absolute atomic E-state index is 14.4. The number of carbonyl (C=O) groups excluding carboxylic acids is 1. The number of nitrogens with zero attached hydrogens (tertiary/aromatic N) is 1. The second-order valence-corrected chi connectivity index (χ2v) is 6.82. The van der Waals surface area contributed by atoms with Gasteiger partial charge < -0.3 is 15.5 Å². The second-order valence-electron chi connectivity index (χ2n) is 5.93. The van der Waals surface area contributed by atoms with E-state index in [1.165, 1.54) is 35.0 Å². The van der Waals surface area contributed by atoms with Gasteiger partial charge in [-0.3, -0.25) is 9.63 Å². The molecule has 0 aliphatic heterocycles. The lowest BCUT2D eigenvalue weighted by atomic mass is 10.1. The first-order chi connectivity index (χ1) is 15.9. The lowest BCUT2D eigenvalue weighted by Crippen LogP contribution is -2.23. The van der Waals surface area contributed by atoms with E-state index in [0.29, 0.717) is 11.0 Å². The Balaban J connectivity index is 0.000000724. The highest BCUT2D eigenvalue weighted by Crippen LogP contribution is 2.32. The number of aliphatic hydroxyl groups excluding tert-OH is 2. The summed E-state index contributed by atoms with van der Waals surface area (Å²) in [5.41, 5.74) is 4.96. The average molecular weight is 486 g/mol. The Morgan fingerprint density at radius 2 is 1.88 bits per heavy atom. The highest BCUT2D eigenvalue weighted by molar-refractivity contribution is 7.16. The number of hydrogen-bond donors (Lipinski definition) is 4. The summed E-state index contributed by atoms with van der Waals surface area (Å²) in [6.07, 6.45) is -0.237. The van der Waals surface area contributed by atoms with Gasteiger partial charge in [0, 0.05) is 12.6 Å². The highest BCUT2D eigenvalue weighted by Gasteiger charge is 2.16. The van der Waals surface area contributed by atoms with Gasteiger partial charge in [0.05, 0.1) is 34.8 Å². The van der Waals surface area contributed by atoms with Crippen molar-refractivity contribution in [1.82, 2.24) is 10.5 Å². The fraction of sp³-hybridized carbons (Fsp3) is 0.391. The normalized spacial score (nSPS) is 10.6. The first kappa shape index (κ1) is 30.5. The molecule has 184 valence electrons. The third-order valence-electron chi connectivity index (χ3n) is 3.74. The molecule has 33 heavy (non-hydrogen) atoms. The zero-order chi connectivity index (χ0) is 25.4. The molecule has 0 saturated carbocycles. The third-order valence-corrected chi connectivity index (χ3v) is 4.52. The summed E-state index contributed by atoms with van der Waals surface area (Å²) in [4.78, 5) is 19.6. The molecule has 1 unspecified atom stereocenters. The van der Waals surface area contributed by atoms with Crippen molar-refractivity contribution in [3.63, 3.8) is 0 Å². The predicted molar refractivity (Wildman–Crippen MR) is 130 cm³/mol. The Morgan fingerprint density at radius 3 is 2.42 bits per heavy atom. The Kier molecular flexibility index (Phi) is 15.7. The molecule has 0 aliphatic rings. The fourth-order valence-electron chi connectivity index (χ4n) is 2.29. The largest absolute Gasteiger partial charge is 0.394 e. The number of benzene rings is 2. The van der Waals surface area contributed by atoms with Gasteiger partial charge in [-0.2, -0.15) is 0 Å². The zero-order valence-corrected chi connectivity index (χ0v) is 20.6. The fourth-order valence-corrected chi connectivity index (χ4v) is 3.01. The molecule has 0 spiro atoms. The molecule has 0 radical (unpaired) electrons. The minimum absolute atomic E-state index is 0.0637. The summed E-state index contributed by atoms with van der Waals surface area (Å²) in [6, 6.07) is 6.08. The Labute approximate surface area is 197 Å². The van der Waals surface area contributed by atoms with Gasteiger partial charge in [0.15, 0.2) is 12.1 Å². The van der Waals surface area contributed by atoms with Crippen molar-refractivity contribution in [2.45, 2.75) is 40.7 Å². The minimum atomic E-state index is -0.776. The van der Waals surface area contributed by atoms with Crippen LogP contribution in [0.4, 0.5) is 20.2 Å². The van der Waals surface area contributed by atoms with Gasteiger partial charge in [-0.15, -0.1) is 11.3 Å². The third kappa shape index (κ3) is 9.48. The zero-order valence-electron chi connectivity index (χ0n) is 19.8. The summed E-state index contributed by atoms with van der Waals surface area (Å²) in [5.74, 6) is -1.17. The maximum Gasteiger partial charge on any atom is 0.174 e. The van der Waals surface area contributed by atoms with Crippen molar-refractivity contribution in [1.29, 1.82) is 0 Å². The number of rotatable bonds is 7. The van der Waals surface area contributed by atoms with Gasteiger partial charge in [0.1, 0.15) is 17.4 Å². The van der Waals surface area contributed by atoms with Gasteiger partial charge >= 0.3 is 0 Å². The van der Waals surface area contributed by atoms with Crippen LogP contribution in [-0.2, 0) is 4.84 Å². The number of aromatic nitrogens is 1. The first-order valence-electron chi connectivity index (χ1n) is 10.5. The van der Waals surface area contributed by atoms with E-state index in [-0.39, 0.29) is 35.7 Å². The van der Waals surface area contributed by atoms with Gasteiger partial charge in [0.25, 0.3) is 0 Å². The summed E-state index contributed by atoms with van der Waals surface area (Å²) in [6.45, 7) is 9.61. The lowest BCUT2D eigenvalue weighted by molar-refractivity contribution is -0.0288. The number of hydroxylamine groups is 1. The van der Waals surface area contributed by atoms with E-state index in [9.17, 15) is 13.6 Å². The molecule has 1 aromatic heterocycles. The number of halogens is 2. The highest BCUT2D eigenvalue weighted by atomic mass is 32.1. The van der Waals surface area contributed by atoms with Gasteiger partial charge in [0.2, 0.25) is 0 Å². The van der Waals surface area contributed by atoms with E-state index in [1.54, 1.807) is 20.0 Å². The van der Waals surface area contributed by atoms with Crippen LogP contribution < -0.4 is 10.8 Å². The number of fused-ring (bicyclic) bond motifs is 1. The van der Waals surface area contributed by atoms with E-state index in [1.807, 2.05) is 27.7 Å².